The molecular formula is C5H11ClF3N. The fourth-order valence-electron chi connectivity index (χ4n) is 0.475. The molecule has 0 spiro atoms. The van der Waals surface area contributed by atoms with Gasteiger partial charge < -0.3 is 5.73 Å². The Morgan fingerprint density at radius 3 is 1.90 bits per heavy atom. The van der Waals surface area contributed by atoms with Gasteiger partial charge >= 0.3 is 6.18 Å². The Morgan fingerprint density at radius 2 is 1.80 bits per heavy atom. The van der Waals surface area contributed by atoms with Gasteiger partial charge in [0.1, 0.15) is 6.04 Å². The minimum atomic E-state index is -4.21. The second-order valence-electron chi connectivity index (χ2n) is 1.94. The highest BCUT2D eigenvalue weighted by molar-refractivity contribution is 5.85. The fraction of sp³-hybridized carbons (Fsp3) is 1.00. The Labute approximate surface area is 64.2 Å². The van der Waals surface area contributed by atoms with Crippen molar-refractivity contribution < 1.29 is 13.2 Å². The quantitative estimate of drug-likeness (QED) is 0.687. The molecule has 2 N–H and O–H groups in total. The zero-order chi connectivity index (χ0) is 7.49. The highest BCUT2D eigenvalue weighted by Crippen LogP contribution is 2.20. The van der Waals surface area contributed by atoms with Crippen molar-refractivity contribution in [1.29, 1.82) is 0 Å². The first-order valence-electron chi connectivity index (χ1n) is 2.80. The van der Waals surface area contributed by atoms with Crippen LogP contribution in [0.4, 0.5) is 13.2 Å². The van der Waals surface area contributed by atoms with Gasteiger partial charge in [-0.2, -0.15) is 13.2 Å². The Morgan fingerprint density at radius 1 is 1.40 bits per heavy atom. The molecule has 0 aromatic heterocycles. The lowest BCUT2D eigenvalue weighted by molar-refractivity contribution is -0.148. The summed E-state index contributed by atoms with van der Waals surface area (Å²) in [7, 11) is 0. The molecule has 0 bridgehead atoms. The van der Waals surface area contributed by atoms with E-state index in [4.69, 9.17) is 5.73 Å². The molecule has 1 atom stereocenters. The largest absolute Gasteiger partial charge is 0.403 e. The van der Waals surface area contributed by atoms with Crippen molar-refractivity contribution in [3.63, 3.8) is 0 Å². The lowest BCUT2D eigenvalue weighted by atomic mass is 10.2. The zero-order valence-electron chi connectivity index (χ0n) is 5.61. The Kier molecular flexibility index (Phi) is 6.09. The molecule has 0 rings (SSSR count). The van der Waals surface area contributed by atoms with Crippen molar-refractivity contribution in [2.75, 3.05) is 0 Å². The molecule has 0 amide bonds. The van der Waals surface area contributed by atoms with E-state index in [2.05, 4.69) is 0 Å². The zero-order valence-corrected chi connectivity index (χ0v) is 6.43. The third-order valence-electron chi connectivity index (χ3n) is 1.02. The summed E-state index contributed by atoms with van der Waals surface area (Å²) in [5, 5.41) is 0. The van der Waals surface area contributed by atoms with Gasteiger partial charge in [-0.05, 0) is 6.42 Å². The maximum Gasteiger partial charge on any atom is 0.403 e. The fourth-order valence-corrected chi connectivity index (χ4v) is 0.475. The van der Waals surface area contributed by atoms with Gasteiger partial charge in [-0.15, -0.1) is 12.4 Å². The standard InChI is InChI=1S/C5H10F3N.ClH/c1-2-3-4(9)5(6,7)8;/h4H,2-3,9H2,1H3;1H. The highest BCUT2D eigenvalue weighted by atomic mass is 35.5. The first-order chi connectivity index (χ1) is 3.98. The SMILES string of the molecule is CCCC(N)C(F)(F)F.Cl. The number of nitrogens with two attached hydrogens (primary N) is 1. The molecule has 0 aliphatic heterocycles. The van der Waals surface area contributed by atoms with Crippen molar-refractivity contribution in [2.24, 2.45) is 5.73 Å². The van der Waals surface area contributed by atoms with Gasteiger partial charge in [-0.25, -0.2) is 0 Å². The second kappa shape index (κ2) is 4.79. The molecular weight excluding hydrogens is 167 g/mol. The first kappa shape index (κ1) is 12.7. The maximum absolute atomic E-state index is 11.5. The summed E-state index contributed by atoms with van der Waals surface area (Å²) in [5.74, 6) is 0. The van der Waals surface area contributed by atoms with Crippen molar-refractivity contribution in [3.05, 3.63) is 0 Å². The van der Waals surface area contributed by atoms with Crippen LogP contribution in [0.25, 0.3) is 0 Å². The molecule has 0 aromatic rings. The van der Waals surface area contributed by atoms with E-state index in [0.717, 1.165) is 0 Å². The van der Waals surface area contributed by atoms with Crippen LogP contribution in [0.2, 0.25) is 0 Å². The monoisotopic (exact) mass is 177 g/mol. The number of halogens is 4. The topological polar surface area (TPSA) is 26.0 Å². The maximum atomic E-state index is 11.5. The Balaban J connectivity index is 0. The van der Waals surface area contributed by atoms with Crippen LogP contribution >= 0.6 is 12.4 Å². The third kappa shape index (κ3) is 4.88. The normalized spacial score (nSPS) is 14.1. The molecule has 5 heteroatoms. The molecule has 64 valence electrons. The average molecular weight is 178 g/mol. The van der Waals surface area contributed by atoms with E-state index in [1.54, 1.807) is 6.92 Å². The van der Waals surface area contributed by atoms with E-state index in [9.17, 15) is 13.2 Å². The lowest BCUT2D eigenvalue weighted by Crippen LogP contribution is -2.36. The average Bonchev–Trinajstić information content (AvgIpc) is 1.64. The van der Waals surface area contributed by atoms with Crippen LogP contribution in [0.5, 0.6) is 0 Å². The molecule has 0 radical (unpaired) electrons. The van der Waals surface area contributed by atoms with Crippen molar-refractivity contribution in [2.45, 2.75) is 32.0 Å². The smallest absolute Gasteiger partial charge is 0.320 e. The summed E-state index contributed by atoms with van der Waals surface area (Å²) in [6, 6.07) is -1.64. The molecule has 10 heavy (non-hydrogen) atoms. The van der Waals surface area contributed by atoms with Crippen LogP contribution in [0.1, 0.15) is 19.8 Å². The van der Waals surface area contributed by atoms with Gasteiger partial charge in [-0.3, -0.25) is 0 Å². The number of rotatable bonds is 2. The van der Waals surface area contributed by atoms with E-state index in [-0.39, 0.29) is 18.8 Å². The Bertz CT molecular complexity index is 83.5. The van der Waals surface area contributed by atoms with Gasteiger partial charge in [0.05, 0.1) is 0 Å². The van der Waals surface area contributed by atoms with Crippen LogP contribution in [0, 0.1) is 0 Å². The summed E-state index contributed by atoms with van der Waals surface area (Å²) in [6.45, 7) is 1.67. The van der Waals surface area contributed by atoms with Crippen LogP contribution in [-0.2, 0) is 0 Å². The minimum Gasteiger partial charge on any atom is -0.320 e. The predicted octanol–water partition coefficient (Wildman–Crippen LogP) is 2.10. The molecule has 0 aromatic carbocycles. The van der Waals surface area contributed by atoms with Crippen molar-refractivity contribution in [3.8, 4) is 0 Å². The molecule has 0 aliphatic rings. The molecule has 1 nitrogen and oxygen atoms in total. The van der Waals surface area contributed by atoms with Crippen LogP contribution < -0.4 is 5.73 Å². The van der Waals surface area contributed by atoms with Gasteiger partial charge in [0.15, 0.2) is 0 Å². The molecule has 0 aliphatic carbocycles. The molecule has 0 saturated heterocycles. The van der Waals surface area contributed by atoms with Gasteiger partial charge in [0.25, 0.3) is 0 Å². The van der Waals surface area contributed by atoms with Crippen molar-refractivity contribution in [1.82, 2.24) is 0 Å². The van der Waals surface area contributed by atoms with E-state index >= 15 is 0 Å². The number of hydrogen-bond donors (Lipinski definition) is 1. The van der Waals surface area contributed by atoms with Crippen LogP contribution in [0.3, 0.4) is 0 Å². The molecule has 0 fully saturated rings. The number of hydrogen-bond acceptors (Lipinski definition) is 1. The van der Waals surface area contributed by atoms with E-state index in [1.165, 1.54) is 0 Å². The molecule has 1 unspecified atom stereocenters. The number of alkyl halides is 3. The summed E-state index contributed by atoms with van der Waals surface area (Å²) in [5.41, 5.74) is 4.74. The highest BCUT2D eigenvalue weighted by Gasteiger charge is 2.35. The van der Waals surface area contributed by atoms with E-state index < -0.39 is 12.2 Å². The lowest BCUT2D eigenvalue weighted by Gasteiger charge is -2.13. The Hall–Kier alpha value is 0.0400. The van der Waals surface area contributed by atoms with Crippen LogP contribution in [0.15, 0.2) is 0 Å². The summed E-state index contributed by atoms with van der Waals surface area (Å²) in [4.78, 5) is 0. The molecule has 0 heterocycles. The van der Waals surface area contributed by atoms with Gasteiger partial charge in [0.2, 0.25) is 0 Å². The van der Waals surface area contributed by atoms with Gasteiger partial charge in [-0.1, -0.05) is 13.3 Å². The van der Waals surface area contributed by atoms with Crippen LogP contribution in [-0.4, -0.2) is 12.2 Å². The summed E-state index contributed by atoms with van der Waals surface area (Å²) >= 11 is 0. The van der Waals surface area contributed by atoms with Crippen molar-refractivity contribution >= 4 is 12.4 Å². The summed E-state index contributed by atoms with van der Waals surface area (Å²) in [6.07, 6.45) is -3.72. The predicted molar refractivity (Wildman–Crippen MR) is 36.2 cm³/mol. The third-order valence-corrected chi connectivity index (χ3v) is 1.02. The van der Waals surface area contributed by atoms with E-state index in [0.29, 0.717) is 6.42 Å². The summed E-state index contributed by atoms with van der Waals surface area (Å²) < 4.78 is 34.5. The first-order valence-corrected chi connectivity index (χ1v) is 2.80. The minimum absolute atomic E-state index is 0. The van der Waals surface area contributed by atoms with E-state index in [1.807, 2.05) is 0 Å². The van der Waals surface area contributed by atoms with Gasteiger partial charge in [0, 0.05) is 0 Å². The molecule has 0 saturated carbocycles. The second-order valence-corrected chi connectivity index (χ2v) is 1.94.